The second-order valence-corrected chi connectivity index (χ2v) is 5.18. The van der Waals surface area contributed by atoms with Crippen LogP contribution in [0.15, 0.2) is 34.9 Å². The highest BCUT2D eigenvalue weighted by atomic mass is 79.9. The van der Waals surface area contributed by atoms with Crippen molar-refractivity contribution in [3.05, 3.63) is 56.2 Å². The molecular weight excluding hydrogens is 340 g/mol. The van der Waals surface area contributed by atoms with E-state index in [-0.39, 0.29) is 11.4 Å². The topological polar surface area (TPSA) is 111 Å². The average molecular weight is 351 g/mol. The molecule has 0 aliphatic heterocycles. The van der Waals surface area contributed by atoms with Crippen LogP contribution in [-0.4, -0.2) is 15.8 Å². The molecule has 1 heterocycles. The number of nitrogen functional groups attached to an aromatic ring is 1. The van der Waals surface area contributed by atoms with E-state index in [1.165, 1.54) is 6.07 Å². The molecule has 1 aromatic heterocycles. The van der Waals surface area contributed by atoms with Crippen molar-refractivity contribution < 1.29 is 9.72 Å². The fraction of sp³-hybridized carbons (Fsp3) is 0.0769. The smallest absolute Gasteiger partial charge is 0.300 e. The number of benzene rings is 1. The quantitative estimate of drug-likeness (QED) is 0.652. The molecule has 8 heteroatoms. The molecule has 0 aliphatic carbocycles. The van der Waals surface area contributed by atoms with E-state index in [2.05, 4.69) is 26.2 Å². The van der Waals surface area contributed by atoms with E-state index in [0.29, 0.717) is 10.2 Å². The van der Waals surface area contributed by atoms with Crippen molar-refractivity contribution in [3.63, 3.8) is 0 Å². The number of halogens is 1. The zero-order valence-corrected chi connectivity index (χ0v) is 12.5. The number of aromatic nitrogens is 1. The number of aryl methyl sites for hydroxylation is 1. The van der Waals surface area contributed by atoms with E-state index >= 15 is 0 Å². The lowest BCUT2D eigenvalue weighted by molar-refractivity contribution is -0.385. The molecule has 0 bridgehead atoms. The van der Waals surface area contributed by atoms with Gasteiger partial charge in [0.05, 0.1) is 10.6 Å². The van der Waals surface area contributed by atoms with Gasteiger partial charge in [-0.2, -0.15) is 0 Å². The molecule has 3 N–H and O–H groups in total. The van der Waals surface area contributed by atoms with E-state index in [9.17, 15) is 14.9 Å². The van der Waals surface area contributed by atoms with Gasteiger partial charge in [0.15, 0.2) is 0 Å². The van der Waals surface area contributed by atoms with Gasteiger partial charge >= 0.3 is 0 Å². The lowest BCUT2D eigenvalue weighted by Gasteiger charge is -2.09. The summed E-state index contributed by atoms with van der Waals surface area (Å²) in [6.45, 7) is 1.87. The average Bonchev–Trinajstić information content (AvgIpc) is 2.42. The highest BCUT2D eigenvalue weighted by Crippen LogP contribution is 2.26. The minimum Gasteiger partial charge on any atom is -0.384 e. The molecule has 1 amide bonds. The number of nitrogens with one attached hydrogen (secondary N) is 1. The maximum Gasteiger partial charge on any atom is 0.300 e. The van der Waals surface area contributed by atoms with Crippen LogP contribution in [0.4, 0.5) is 17.2 Å². The van der Waals surface area contributed by atoms with Gasteiger partial charge < -0.3 is 11.1 Å². The van der Waals surface area contributed by atoms with Crippen molar-refractivity contribution in [2.24, 2.45) is 0 Å². The van der Waals surface area contributed by atoms with Crippen LogP contribution in [0, 0.1) is 17.0 Å². The number of anilines is 2. The Balaban J connectivity index is 2.39. The molecule has 0 radical (unpaired) electrons. The number of hydrogen-bond donors (Lipinski definition) is 2. The molecule has 0 unspecified atom stereocenters. The van der Waals surface area contributed by atoms with E-state index in [1.54, 1.807) is 12.1 Å². The van der Waals surface area contributed by atoms with E-state index in [1.807, 2.05) is 13.0 Å². The summed E-state index contributed by atoms with van der Waals surface area (Å²) < 4.78 is 0.672. The number of rotatable bonds is 3. The van der Waals surface area contributed by atoms with Crippen molar-refractivity contribution in [1.29, 1.82) is 0 Å². The summed E-state index contributed by atoms with van der Waals surface area (Å²) in [5.74, 6) is -0.587. The normalized spacial score (nSPS) is 10.2. The number of nitrogens with two attached hydrogens (primary N) is 1. The Labute approximate surface area is 128 Å². The Morgan fingerprint density at radius 1 is 1.43 bits per heavy atom. The molecule has 0 saturated heterocycles. The lowest BCUT2D eigenvalue weighted by atomic mass is 10.2. The number of carbonyl (C=O) groups is 1. The van der Waals surface area contributed by atoms with Crippen LogP contribution in [0.25, 0.3) is 0 Å². The van der Waals surface area contributed by atoms with Gasteiger partial charge in [-0.1, -0.05) is 6.07 Å². The predicted molar refractivity (Wildman–Crippen MR) is 82.1 cm³/mol. The maximum atomic E-state index is 12.2. The fourth-order valence-electron chi connectivity index (χ4n) is 1.72. The van der Waals surface area contributed by atoms with Crippen LogP contribution >= 0.6 is 15.9 Å². The largest absolute Gasteiger partial charge is 0.384 e. The van der Waals surface area contributed by atoms with E-state index in [0.717, 1.165) is 11.8 Å². The zero-order chi connectivity index (χ0) is 15.6. The Morgan fingerprint density at radius 2 is 2.14 bits per heavy atom. The molecule has 1 aromatic carbocycles. The second-order valence-electron chi connectivity index (χ2n) is 4.32. The SMILES string of the molecule is Cc1ccc(Br)c(NC(=O)c2cc(N)ncc2[N+](=O)[O-])c1. The Bertz CT molecular complexity index is 733. The van der Waals surface area contributed by atoms with Crippen molar-refractivity contribution in [1.82, 2.24) is 4.98 Å². The fourth-order valence-corrected chi connectivity index (χ4v) is 2.06. The summed E-state index contributed by atoms with van der Waals surface area (Å²) in [6, 6.07) is 6.57. The minimum absolute atomic E-state index is 0.0362. The van der Waals surface area contributed by atoms with Gasteiger partial charge in [0.1, 0.15) is 17.6 Å². The summed E-state index contributed by atoms with van der Waals surface area (Å²) in [6.07, 6.45) is 0.968. The van der Waals surface area contributed by atoms with Crippen molar-refractivity contribution in [3.8, 4) is 0 Å². The number of pyridine rings is 1. The summed E-state index contributed by atoms with van der Waals surface area (Å²) in [5.41, 5.74) is 6.41. The molecule has 0 fully saturated rings. The number of hydrogen-bond acceptors (Lipinski definition) is 5. The highest BCUT2D eigenvalue weighted by Gasteiger charge is 2.21. The summed E-state index contributed by atoms with van der Waals surface area (Å²) in [4.78, 5) is 26.1. The van der Waals surface area contributed by atoms with Crippen LogP contribution in [0.3, 0.4) is 0 Å². The summed E-state index contributed by atoms with van der Waals surface area (Å²) in [5, 5.41) is 13.6. The van der Waals surface area contributed by atoms with Crippen molar-refractivity contribution in [2.45, 2.75) is 6.92 Å². The van der Waals surface area contributed by atoms with E-state index in [4.69, 9.17) is 5.73 Å². The predicted octanol–water partition coefficient (Wildman–Crippen LogP) is 2.90. The molecule has 7 nitrogen and oxygen atoms in total. The third kappa shape index (κ3) is 3.34. The first kappa shape index (κ1) is 14.9. The molecule has 108 valence electrons. The molecule has 2 rings (SSSR count). The third-order valence-corrected chi connectivity index (χ3v) is 3.41. The van der Waals surface area contributed by atoms with Gasteiger partial charge in [-0.15, -0.1) is 0 Å². The molecule has 0 atom stereocenters. The molecular formula is C13H11BrN4O3. The van der Waals surface area contributed by atoms with Gasteiger partial charge in [0.25, 0.3) is 11.6 Å². The third-order valence-electron chi connectivity index (χ3n) is 2.72. The van der Waals surface area contributed by atoms with Gasteiger partial charge in [0.2, 0.25) is 0 Å². The zero-order valence-electron chi connectivity index (χ0n) is 11.0. The van der Waals surface area contributed by atoms with Crippen molar-refractivity contribution in [2.75, 3.05) is 11.1 Å². The standard InChI is InChI=1S/C13H11BrN4O3/c1-7-2-3-9(14)10(4-7)17-13(19)8-5-12(15)16-6-11(8)18(20)21/h2-6H,1H3,(H2,15,16)(H,17,19). The van der Waals surface area contributed by atoms with Crippen LogP contribution < -0.4 is 11.1 Å². The van der Waals surface area contributed by atoms with Crippen molar-refractivity contribution >= 4 is 39.0 Å². The van der Waals surface area contributed by atoms with Gasteiger partial charge in [-0.25, -0.2) is 4.98 Å². The second kappa shape index (κ2) is 5.88. The first-order valence-electron chi connectivity index (χ1n) is 5.86. The van der Waals surface area contributed by atoms with Gasteiger partial charge in [-0.3, -0.25) is 14.9 Å². The molecule has 21 heavy (non-hydrogen) atoms. The molecule has 2 aromatic rings. The number of amides is 1. The molecule has 0 spiro atoms. The van der Waals surface area contributed by atoms with Crippen LogP contribution in [0.2, 0.25) is 0 Å². The highest BCUT2D eigenvalue weighted by molar-refractivity contribution is 9.10. The number of nitrogens with zero attached hydrogens (tertiary/aromatic N) is 2. The van der Waals surface area contributed by atoms with Gasteiger partial charge in [0, 0.05) is 4.47 Å². The minimum atomic E-state index is -0.674. The maximum absolute atomic E-state index is 12.2. The Hall–Kier alpha value is -2.48. The first-order chi connectivity index (χ1) is 9.88. The molecule has 0 aliphatic rings. The van der Waals surface area contributed by atoms with Crippen LogP contribution in [0.5, 0.6) is 0 Å². The summed E-state index contributed by atoms with van der Waals surface area (Å²) >= 11 is 3.31. The van der Waals surface area contributed by atoms with Crippen LogP contribution in [0.1, 0.15) is 15.9 Å². The lowest BCUT2D eigenvalue weighted by Crippen LogP contribution is -2.15. The van der Waals surface area contributed by atoms with Crippen LogP contribution in [-0.2, 0) is 0 Å². The van der Waals surface area contributed by atoms with E-state index < -0.39 is 16.5 Å². The first-order valence-corrected chi connectivity index (χ1v) is 6.65. The van der Waals surface area contributed by atoms with Gasteiger partial charge in [-0.05, 0) is 46.6 Å². The number of nitro groups is 1. The Kier molecular flexibility index (Phi) is 4.18. The summed E-state index contributed by atoms with van der Waals surface area (Å²) in [7, 11) is 0. The monoisotopic (exact) mass is 350 g/mol. The molecule has 0 saturated carbocycles. The number of carbonyl (C=O) groups excluding carboxylic acids is 1. The Morgan fingerprint density at radius 3 is 2.81 bits per heavy atom.